The molecule has 1 amide bonds. The molecule has 1 N–H and O–H groups in total. The summed E-state index contributed by atoms with van der Waals surface area (Å²) in [6, 6.07) is 0. The SMILES string of the molecule is CCOC(=O)c1c(NC(=O)C2CCCO2)sc(C(=O)OCCOC)c1C. The van der Waals surface area contributed by atoms with Gasteiger partial charge >= 0.3 is 11.9 Å². The van der Waals surface area contributed by atoms with Crippen LogP contribution in [0.25, 0.3) is 0 Å². The van der Waals surface area contributed by atoms with E-state index in [1.165, 1.54) is 7.11 Å². The largest absolute Gasteiger partial charge is 0.462 e. The standard InChI is InChI=1S/C17H23NO7S/c1-4-23-16(20)12-10(2)13(17(21)25-9-8-22-3)26-15(12)18-14(19)11-6-5-7-24-11/h11H,4-9H2,1-3H3,(H,18,19). The van der Waals surface area contributed by atoms with Gasteiger partial charge in [0.05, 0.1) is 18.8 Å². The second kappa shape index (κ2) is 9.65. The van der Waals surface area contributed by atoms with Crippen LogP contribution in [0.5, 0.6) is 0 Å². The minimum Gasteiger partial charge on any atom is -0.462 e. The first kappa shape index (κ1) is 20.3. The third kappa shape index (κ3) is 4.80. The minimum absolute atomic E-state index is 0.0962. The molecule has 1 aromatic heterocycles. The molecule has 0 aliphatic carbocycles. The number of rotatable bonds is 8. The number of esters is 2. The highest BCUT2D eigenvalue weighted by Crippen LogP contribution is 2.34. The van der Waals surface area contributed by atoms with Gasteiger partial charge < -0.3 is 24.3 Å². The normalized spacial score (nSPS) is 16.3. The zero-order chi connectivity index (χ0) is 19.1. The van der Waals surface area contributed by atoms with Crippen molar-refractivity contribution in [3.63, 3.8) is 0 Å². The molecule has 8 nitrogen and oxygen atoms in total. The van der Waals surface area contributed by atoms with Gasteiger partial charge in [-0.1, -0.05) is 0 Å². The van der Waals surface area contributed by atoms with Gasteiger partial charge in [-0.25, -0.2) is 9.59 Å². The Kier molecular flexibility index (Phi) is 7.55. The van der Waals surface area contributed by atoms with Gasteiger partial charge in [0, 0.05) is 13.7 Å². The summed E-state index contributed by atoms with van der Waals surface area (Å²) < 4.78 is 20.4. The van der Waals surface area contributed by atoms with Gasteiger partial charge in [-0.15, -0.1) is 11.3 Å². The van der Waals surface area contributed by atoms with Crippen molar-refractivity contribution in [3.8, 4) is 0 Å². The van der Waals surface area contributed by atoms with E-state index in [1.54, 1.807) is 13.8 Å². The van der Waals surface area contributed by atoms with Crippen molar-refractivity contribution in [2.24, 2.45) is 0 Å². The zero-order valence-corrected chi connectivity index (χ0v) is 15.9. The molecule has 1 fully saturated rings. The first-order valence-electron chi connectivity index (χ1n) is 8.38. The van der Waals surface area contributed by atoms with Crippen LogP contribution in [0.4, 0.5) is 5.00 Å². The lowest BCUT2D eigenvalue weighted by Crippen LogP contribution is -2.27. The summed E-state index contributed by atoms with van der Waals surface area (Å²) in [5, 5.41) is 2.96. The monoisotopic (exact) mass is 385 g/mol. The molecule has 144 valence electrons. The van der Waals surface area contributed by atoms with Gasteiger partial charge in [-0.05, 0) is 32.3 Å². The maximum absolute atomic E-state index is 12.3. The van der Waals surface area contributed by atoms with Gasteiger partial charge in [0.1, 0.15) is 22.6 Å². The molecule has 0 spiro atoms. The number of anilines is 1. The van der Waals surface area contributed by atoms with Crippen LogP contribution in [-0.2, 0) is 23.7 Å². The van der Waals surface area contributed by atoms with Crippen LogP contribution in [0, 0.1) is 6.92 Å². The molecule has 1 aliphatic heterocycles. The molecular weight excluding hydrogens is 362 g/mol. The molecule has 1 aromatic rings. The van der Waals surface area contributed by atoms with Crippen molar-refractivity contribution in [2.45, 2.75) is 32.8 Å². The smallest absolute Gasteiger partial charge is 0.348 e. The van der Waals surface area contributed by atoms with Gasteiger partial charge in [0.2, 0.25) is 0 Å². The minimum atomic E-state index is -0.597. The topological polar surface area (TPSA) is 100 Å². The van der Waals surface area contributed by atoms with E-state index in [0.717, 1.165) is 17.8 Å². The van der Waals surface area contributed by atoms with E-state index >= 15 is 0 Å². The molecule has 1 atom stereocenters. The van der Waals surface area contributed by atoms with Crippen molar-refractivity contribution in [1.29, 1.82) is 0 Å². The second-order valence-corrected chi connectivity index (χ2v) is 6.62. The van der Waals surface area contributed by atoms with E-state index in [0.29, 0.717) is 18.6 Å². The zero-order valence-electron chi connectivity index (χ0n) is 15.1. The van der Waals surface area contributed by atoms with Crippen LogP contribution in [-0.4, -0.2) is 57.5 Å². The van der Waals surface area contributed by atoms with Crippen LogP contribution in [0.15, 0.2) is 0 Å². The summed E-state index contributed by atoms with van der Waals surface area (Å²) in [4.78, 5) is 37.2. The number of nitrogens with one attached hydrogen (secondary N) is 1. The van der Waals surface area contributed by atoms with Crippen LogP contribution >= 0.6 is 11.3 Å². The summed E-state index contributed by atoms with van der Waals surface area (Å²) in [7, 11) is 1.50. The Balaban J connectivity index is 2.25. The summed E-state index contributed by atoms with van der Waals surface area (Å²) in [5.74, 6) is -1.51. The lowest BCUT2D eigenvalue weighted by Gasteiger charge is -2.10. The van der Waals surface area contributed by atoms with E-state index in [-0.39, 0.29) is 41.2 Å². The Bertz CT molecular complexity index is 664. The van der Waals surface area contributed by atoms with Crippen LogP contribution < -0.4 is 5.32 Å². The highest BCUT2D eigenvalue weighted by molar-refractivity contribution is 7.18. The van der Waals surface area contributed by atoms with Crippen molar-refractivity contribution in [1.82, 2.24) is 0 Å². The first-order valence-corrected chi connectivity index (χ1v) is 9.20. The lowest BCUT2D eigenvalue weighted by molar-refractivity contribution is -0.124. The molecule has 0 saturated carbocycles. The van der Waals surface area contributed by atoms with E-state index < -0.39 is 18.0 Å². The van der Waals surface area contributed by atoms with Crippen LogP contribution in [0.3, 0.4) is 0 Å². The van der Waals surface area contributed by atoms with Gasteiger partial charge in [0.25, 0.3) is 5.91 Å². The molecule has 0 bridgehead atoms. The molecule has 26 heavy (non-hydrogen) atoms. The fourth-order valence-corrected chi connectivity index (χ4v) is 3.60. The molecule has 1 aliphatic rings. The highest BCUT2D eigenvalue weighted by Gasteiger charge is 2.30. The van der Waals surface area contributed by atoms with Gasteiger partial charge in [-0.2, -0.15) is 0 Å². The van der Waals surface area contributed by atoms with Crippen molar-refractivity contribution in [2.75, 3.05) is 38.9 Å². The molecular formula is C17H23NO7S. The van der Waals surface area contributed by atoms with Gasteiger partial charge in [-0.3, -0.25) is 4.79 Å². The first-order chi connectivity index (χ1) is 12.5. The number of methoxy groups -OCH3 is 1. The predicted octanol–water partition coefficient (Wildman–Crippen LogP) is 2.15. The number of hydrogen-bond donors (Lipinski definition) is 1. The number of amides is 1. The van der Waals surface area contributed by atoms with E-state index in [4.69, 9.17) is 18.9 Å². The number of carbonyl (C=O) groups excluding carboxylic acids is 3. The number of carbonyl (C=O) groups is 3. The Morgan fingerprint density at radius 1 is 1.23 bits per heavy atom. The van der Waals surface area contributed by atoms with Crippen molar-refractivity contribution in [3.05, 3.63) is 16.0 Å². The Morgan fingerprint density at radius 2 is 2.00 bits per heavy atom. The number of ether oxygens (including phenoxy) is 4. The fraction of sp³-hybridized carbons (Fsp3) is 0.588. The molecule has 0 radical (unpaired) electrons. The Morgan fingerprint density at radius 3 is 2.62 bits per heavy atom. The third-order valence-corrected chi connectivity index (χ3v) is 4.98. The maximum atomic E-state index is 12.3. The fourth-order valence-electron chi connectivity index (χ4n) is 2.51. The van der Waals surface area contributed by atoms with Gasteiger partial charge in [0.15, 0.2) is 0 Å². The molecule has 9 heteroatoms. The van der Waals surface area contributed by atoms with E-state index in [1.807, 2.05) is 0 Å². The Hall–Kier alpha value is -1.97. The highest BCUT2D eigenvalue weighted by atomic mass is 32.1. The average molecular weight is 385 g/mol. The van der Waals surface area contributed by atoms with Crippen LogP contribution in [0.1, 0.15) is 45.4 Å². The van der Waals surface area contributed by atoms with E-state index in [2.05, 4.69) is 5.32 Å². The third-order valence-electron chi connectivity index (χ3n) is 3.79. The lowest BCUT2D eigenvalue weighted by atomic mass is 10.1. The molecule has 2 rings (SSSR count). The predicted molar refractivity (Wildman–Crippen MR) is 94.8 cm³/mol. The maximum Gasteiger partial charge on any atom is 0.348 e. The van der Waals surface area contributed by atoms with Crippen molar-refractivity contribution >= 4 is 34.2 Å². The Labute approximate surface area is 155 Å². The summed E-state index contributed by atoms with van der Waals surface area (Å²) >= 11 is 0.990. The van der Waals surface area contributed by atoms with E-state index in [9.17, 15) is 14.4 Å². The summed E-state index contributed by atoms with van der Waals surface area (Å²) in [6.45, 7) is 4.38. The summed E-state index contributed by atoms with van der Waals surface area (Å²) in [5.41, 5.74) is 0.584. The molecule has 1 saturated heterocycles. The molecule has 2 heterocycles. The van der Waals surface area contributed by atoms with Crippen molar-refractivity contribution < 1.29 is 33.3 Å². The number of thiophene rings is 1. The van der Waals surface area contributed by atoms with Crippen LogP contribution in [0.2, 0.25) is 0 Å². The number of hydrogen-bond acceptors (Lipinski definition) is 8. The molecule has 1 unspecified atom stereocenters. The average Bonchev–Trinajstić information content (AvgIpc) is 3.23. The second-order valence-electron chi connectivity index (χ2n) is 5.60. The molecule has 0 aromatic carbocycles. The quantitative estimate of drug-likeness (QED) is 0.540. The summed E-state index contributed by atoms with van der Waals surface area (Å²) in [6.07, 6.45) is 0.879.